The molecule has 0 aromatic heterocycles. The summed E-state index contributed by atoms with van der Waals surface area (Å²) in [6, 6.07) is 15.6. The third kappa shape index (κ3) is 3.79. The van der Waals surface area contributed by atoms with Crippen LogP contribution in [0.4, 0.5) is 5.69 Å². The van der Waals surface area contributed by atoms with Crippen LogP contribution in [0.3, 0.4) is 0 Å². The number of rotatable bonds is 4. The van der Waals surface area contributed by atoms with E-state index in [-0.39, 0.29) is 12.5 Å². The monoisotopic (exact) mass is 340 g/mol. The van der Waals surface area contributed by atoms with Gasteiger partial charge in [0.05, 0.1) is 5.69 Å². The number of ether oxygens (including phenoxy) is 1. The highest BCUT2D eigenvalue weighted by atomic mass is 32.2. The molecule has 1 aliphatic rings. The molecule has 1 aliphatic heterocycles. The van der Waals surface area contributed by atoms with Crippen LogP contribution >= 0.6 is 11.8 Å². The molecular formula is C19H20N2O2S. The number of thioether (sulfide) groups is 1. The molecule has 4 nitrogen and oxygen atoms in total. The van der Waals surface area contributed by atoms with Gasteiger partial charge in [-0.25, -0.2) is 4.99 Å². The molecule has 2 aromatic rings. The predicted octanol–water partition coefficient (Wildman–Crippen LogP) is 3.95. The first kappa shape index (κ1) is 16.6. The summed E-state index contributed by atoms with van der Waals surface area (Å²) in [5, 5.41) is 0.752. The highest BCUT2D eigenvalue weighted by Crippen LogP contribution is 2.25. The van der Waals surface area contributed by atoms with Gasteiger partial charge in [0, 0.05) is 12.3 Å². The lowest BCUT2D eigenvalue weighted by Gasteiger charge is -2.17. The summed E-state index contributed by atoms with van der Waals surface area (Å²) in [6.07, 6.45) is 0. The molecule has 5 heteroatoms. The van der Waals surface area contributed by atoms with Gasteiger partial charge >= 0.3 is 0 Å². The summed E-state index contributed by atoms with van der Waals surface area (Å²) < 4.78 is 5.68. The molecule has 0 atom stereocenters. The van der Waals surface area contributed by atoms with E-state index in [1.165, 1.54) is 0 Å². The number of nitrogens with zero attached hydrogens (tertiary/aromatic N) is 2. The molecule has 0 radical (unpaired) electrons. The molecule has 0 spiro atoms. The van der Waals surface area contributed by atoms with Gasteiger partial charge in [-0.2, -0.15) is 0 Å². The lowest BCUT2D eigenvalue weighted by atomic mass is 10.2. The molecule has 1 heterocycles. The molecule has 24 heavy (non-hydrogen) atoms. The Morgan fingerprint density at radius 3 is 2.58 bits per heavy atom. The molecule has 2 aromatic carbocycles. The van der Waals surface area contributed by atoms with Crippen molar-refractivity contribution < 1.29 is 9.53 Å². The summed E-state index contributed by atoms with van der Waals surface area (Å²) in [5.74, 6) is 1.55. The van der Waals surface area contributed by atoms with Crippen LogP contribution in [0.1, 0.15) is 11.1 Å². The van der Waals surface area contributed by atoms with Crippen LogP contribution in [0, 0.1) is 13.8 Å². The number of hydrogen-bond donors (Lipinski definition) is 0. The third-order valence-electron chi connectivity index (χ3n) is 3.85. The van der Waals surface area contributed by atoms with Gasteiger partial charge in [0.15, 0.2) is 11.8 Å². The number of carbonyl (C=O) groups excluding carboxylic acids is 1. The van der Waals surface area contributed by atoms with Crippen LogP contribution in [0.15, 0.2) is 53.5 Å². The van der Waals surface area contributed by atoms with Gasteiger partial charge < -0.3 is 4.74 Å². The fourth-order valence-corrected chi connectivity index (χ4v) is 3.42. The van der Waals surface area contributed by atoms with Crippen molar-refractivity contribution in [1.82, 2.24) is 4.90 Å². The van der Waals surface area contributed by atoms with E-state index in [2.05, 4.69) is 4.99 Å². The molecule has 0 bridgehead atoms. The Kier molecular flexibility index (Phi) is 5.20. The highest BCUT2D eigenvalue weighted by molar-refractivity contribution is 8.14. The number of amidine groups is 1. The Morgan fingerprint density at radius 2 is 1.83 bits per heavy atom. The summed E-state index contributed by atoms with van der Waals surface area (Å²) >= 11 is 1.61. The second kappa shape index (κ2) is 7.53. The molecule has 0 saturated carbocycles. The number of amides is 1. The van der Waals surface area contributed by atoms with E-state index in [0.29, 0.717) is 6.54 Å². The summed E-state index contributed by atoms with van der Waals surface area (Å²) in [4.78, 5) is 18.9. The van der Waals surface area contributed by atoms with Gasteiger partial charge in [-0.15, -0.1) is 0 Å². The fraction of sp³-hybridized carbons (Fsp3) is 0.263. The zero-order valence-electron chi connectivity index (χ0n) is 13.9. The van der Waals surface area contributed by atoms with Gasteiger partial charge in [-0.3, -0.25) is 9.69 Å². The van der Waals surface area contributed by atoms with E-state index in [4.69, 9.17) is 4.74 Å². The average molecular weight is 340 g/mol. The van der Waals surface area contributed by atoms with Crippen LogP contribution in [0.2, 0.25) is 0 Å². The van der Waals surface area contributed by atoms with Gasteiger partial charge in [-0.05, 0) is 37.1 Å². The molecule has 0 unspecified atom stereocenters. The Balaban J connectivity index is 1.70. The Hall–Kier alpha value is -2.27. The number of aliphatic imine (C=N–C) groups is 1. The SMILES string of the molecule is Cc1ccccc1N=C1SCCN1C(=O)COc1ccccc1C. The largest absolute Gasteiger partial charge is 0.483 e. The first-order valence-corrected chi connectivity index (χ1v) is 8.89. The molecule has 0 N–H and O–H groups in total. The second-order valence-corrected chi connectivity index (χ2v) is 6.69. The number of aryl methyl sites for hydroxylation is 2. The topological polar surface area (TPSA) is 41.9 Å². The average Bonchev–Trinajstić information content (AvgIpc) is 3.04. The lowest BCUT2D eigenvalue weighted by molar-refractivity contribution is -0.129. The van der Waals surface area contributed by atoms with Crippen molar-refractivity contribution in [2.45, 2.75) is 13.8 Å². The molecular weight excluding hydrogens is 320 g/mol. The van der Waals surface area contributed by atoms with Crippen molar-refractivity contribution in [2.75, 3.05) is 18.9 Å². The fourth-order valence-electron chi connectivity index (χ4n) is 2.45. The minimum absolute atomic E-state index is 0.0260. The zero-order chi connectivity index (χ0) is 16.9. The van der Waals surface area contributed by atoms with Crippen molar-refractivity contribution >= 4 is 28.5 Å². The highest BCUT2D eigenvalue weighted by Gasteiger charge is 2.26. The smallest absolute Gasteiger partial charge is 0.266 e. The molecule has 124 valence electrons. The van der Waals surface area contributed by atoms with Crippen LogP contribution in [-0.2, 0) is 4.79 Å². The van der Waals surface area contributed by atoms with E-state index in [1.807, 2.05) is 62.4 Å². The third-order valence-corrected chi connectivity index (χ3v) is 4.81. The maximum atomic E-state index is 12.5. The summed E-state index contributed by atoms with van der Waals surface area (Å²) in [6.45, 7) is 4.69. The second-order valence-electron chi connectivity index (χ2n) is 5.63. The minimum Gasteiger partial charge on any atom is -0.483 e. The van der Waals surface area contributed by atoms with Crippen molar-refractivity contribution in [3.8, 4) is 5.75 Å². The zero-order valence-corrected chi connectivity index (χ0v) is 14.7. The first-order chi connectivity index (χ1) is 11.6. The van der Waals surface area contributed by atoms with Crippen LogP contribution in [-0.4, -0.2) is 34.9 Å². The summed E-state index contributed by atoms with van der Waals surface area (Å²) in [5.41, 5.74) is 3.02. The minimum atomic E-state index is -0.0596. The number of hydrogen-bond acceptors (Lipinski definition) is 4. The molecule has 1 saturated heterocycles. The van der Waals surface area contributed by atoms with Gasteiger partial charge in [0.1, 0.15) is 5.75 Å². The van der Waals surface area contributed by atoms with Crippen LogP contribution in [0.25, 0.3) is 0 Å². The molecule has 3 rings (SSSR count). The number of benzene rings is 2. The van der Waals surface area contributed by atoms with E-state index in [9.17, 15) is 4.79 Å². The standard InChI is InChI=1S/C19H20N2O2S/c1-14-7-3-5-9-16(14)20-19-21(11-12-24-19)18(22)13-23-17-10-6-4-8-15(17)2/h3-10H,11-13H2,1-2H3. The molecule has 1 amide bonds. The van der Waals surface area contributed by atoms with Crippen molar-refractivity contribution in [3.05, 3.63) is 59.7 Å². The molecule has 1 fully saturated rings. The van der Waals surface area contributed by atoms with Crippen molar-refractivity contribution in [3.63, 3.8) is 0 Å². The number of carbonyl (C=O) groups is 1. The van der Waals surface area contributed by atoms with E-state index in [1.54, 1.807) is 16.7 Å². The Bertz CT molecular complexity index is 773. The van der Waals surface area contributed by atoms with Crippen LogP contribution in [0.5, 0.6) is 5.75 Å². The van der Waals surface area contributed by atoms with E-state index < -0.39 is 0 Å². The maximum Gasteiger partial charge on any atom is 0.266 e. The first-order valence-electron chi connectivity index (χ1n) is 7.91. The van der Waals surface area contributed by atoms with Crippen LogP contribution < -0.4 is 4.74 Å². The Labute approximate surface area is 146 Å². The lowest BCUT2D eigenvalue weighted by Crippen LogP contribution is -2.35. The van der Waals surface area contributed by atoms with E-state index in [0.717, 1.165) is 33.5 Å². The summed E-state index contributed by atoms with van der Waals surface area (Å²) in [7, 11) is 0. The van der Waals surface area contributed by atoms with Gasteiger partial charge in [0.2, 0.25) is 0 Å². The predicted molar refractivity (Wildman–Crippen MR) is 99.1 cm³/mol. The van der Waals surface area contributed by atoms with Crippen molar-refractivity contribution in [2.24, 2.45) is 4.99 Å². The van der Waals surface area contributed by atoms with Gasteiger partial charge in [-0.1, -0.05) is 48.2 Å². The van der Waals surface area contributed by atoms with Crippen molar-refractivity contribution in [1.29, 1.82) is 0 Å². The quantitative estimate of drug-likeness (QED) is 0.846. The molecule has 0 aliphatic carbocycles. The Morgan fingerprint density at radius 1 is 1.12 bits per heavy atom. The van der Waals surface area contributed by atoms with Gasteiger partial charge in [0.25, 0.3) is 5.91 Å². The van der Waals surface area contributed by atoms with E-state index >= 15 is 0 Å². The maximum absolute atomic E-state index is 12.5. The number of para-hydroxylation sites is 2. The normalized spacial score (nSPS) is 15.8.